The molecule has 0 unspecified atom stereocenters. The van der Waals surface area contributed by atoms with Gasteiger partial charge in [0.2, 0.25) is 5.91 Å². The van der Waals surface area contributed by atoms with E-state index in [0.29, 0.717) is 44.0 Å². The van der Waals surface area contributed by atoms with Crippen molar-refractivity contribution in [3.05, 3.63) is 63.4 Å². The highest BCUT2D eigenvalue weighted by atomic mass is 35.5. The lowest BCUT2D eigenvalue weighted by Gasteiger charge is -2.16. The van der Waals surface area contributed by atoms with Crippen LogP contribution in [0.3, 0.4) is 0 Å². The Morgan fingerprint density at radius 2 is 1.87 bits per heavy atom. The van der Waals surface area contributed by atoms with Gasteiger partial charge in [0.05, 0.1) is 26.5 Å². The summed E-state index contributed by atoms with van der Waals surface area (Å²) >= 11 is 19.5. The predicted octanol–water partition coefficient (Wildman–Crippen LogP) is 6.13. The largest absolute Gasteiger partial charge is 0.481 e. The normalized spacial score (nSPS) is 11.9. The van der Waals surface area contributed by atoms with E-state index in [4.69, 9.17) is 39.5 Å². The molecule has 1 amide bonds. The van der Waals surface area contributed by atoms with Crippen molar-refractivity contribution < 1.29 is 9.53 Å². The Hall–Kier alpha value is -1.93. The second kappa shape index (κ2) is 10.4. The van der Waals surface area contributed by atoms with Gasteiger partial charge < -0.3 is 14.6 Å². The maximum Gasteiger partial charge on any atom is 0.234 e. The van der Waals surface area contributed by atoms with E-state index >= 15 is 0 Å². The molecule has 158 valence electrons. The number of thioether (sulfide) groups is 1. The summed E-state index contributed by atoms with van der Waals surface area (Å²) < 4.78 is 7.85. The van der Waals surface area contributed by atoms with Crippen LogP contribution in [0.25, 0.3) is 0 Å². The number of hydrogen-bond donors (Lipinski definition) is 1. The molecule has 0 aliphatic carbocycles. The quantitative estimate of drug-likeness (QED) is 0.389. The van der Waals surface area contributed by atoms with Crippen LogP contribution in [-0.2, 0) is 11.3 Å². The van der Waals surface area contributed by atoms with Gasteiger partial charge in [0.15, 0.2) is 17.1 Å². The molecular weight excluding hydrogens is 467 g/mol. The van der Waals surface area contributed by atoms with Gasteiger partial charge in [-0.1, -0.05) is 64.8 Å². The van der Waals surface area contributed by atoms with Crippen LogP contribution in [-0.4, -0.2) is 26.4 Å². The first-order chi connectivity index (χ1) is 14.4. The van der Waals surface area contributed by atoms with E-state index in [1.807, 2.05) is 30.5 Å². The Kier molecular flexibility index (Phi) is 7.88. The molecule has 2 aromatic carbocycles. The third-order valence-electron chi connectivity index (χ3n) is 4.12. The summed E-state index contributed by atoms with van der Waals surface area (Å²) in [4.78, 5) is 12.3. The van der Waals surface area contributed by atoms with Gasteiger partial charge in [-0.25, -0.2) is 0 Å². The molecule has 3 rings (SSSR count). The van der Waals surface area contributed by atoms with Gasteiger partial charge in [-0.3, -0.25) is 4.79 Å². The molecule has 3 aromatic rings. The fourth-order valence-electron chi connectivity index (χ4n) is 2.70. The number of nitrogens with zero attached hydrogens (tertiary/aromatic N) is 3. The minimum absolute atomic E-state index is 0.140. The molecule has 0 aliphatic heterocycles. The number of nitrogens with one attached hydrogen (secondary N) is 1. The maximum atomic E-state index is 12.3. The van der Waals surface area contributed by atoms with E-state index in [2.05, 4.69) is 15.5 Å². The summed E-state index contributed by atoms with van der Waals surface area (Å²) in [7, 11) is 0. The van der Waals surface area contributed by atoms with Crippen LogP contribution in [0.2, 0.25) is 15.1 Å². The third-order valence-corrected chi connectivity index (χ3v) is 6.22. The lowest BCUT2D eigenvalue weighted by Crippen LogP contribution is -2.15. The molecule has 1 N–H and O–H groups in total. The molecule has 1 aromatic heterocycles. The molecule has 10 heteroatoms. The standard InChI is InChI=1S/C20H19Cl3N4O2S/c1-3-27-19(12(2)29-16-10-5-4-7-13(16)21)25-26-20(27)30-11-17(28)24-15-9-6-8-14(22)18(15)23/h4-10,12H,3,11H2,1-2H3,(H,24,28)/t12-/m0/s1. The summed E-state index contributed by atoms with van der Waals surface area (Å²) in [5, 5.41) is 13.1. The van der Waals surface area contributed by atoms with Gasteiger partial charge in [-0.05, 0) is 38.1 Å². The maximum absolute atomic E-state index is 12.3. The van der Waals surface area contributed by atoms with Crippen LogP contribution in [0, 0.1) is 0 Å². The van der Waals surface area contributed by atoms with Gasteiger partial charge in [-0.15, -0.1) is 10.2 Å². The summed E-state index contributed by atoms with van der Waals surface area (Å²) in [5.74, 6) is 1.14. The van der Waals surface area contributed by atoms with Crippen LogP contribution >= 0.6 is 46.6 Å². The van der Waals surface area contributed by atoms with Crippen molar-refractivity contribution in [2.45, 2.75) is 31.7 Å². The summed E-state index contributed by atoms with van der Waals surface area (Å²) in [6.45, 7) is 4.48. The Bertz CT molecular complexity index is 1040. The Morgan fingerprint density at radius 1 is 1.13 bits per heavy atom. The number of aromatic nitrogens is 3. The number of amides is 1. The van der Waals surface area contributed by atoms with Crippen molar-refractivity contribution in [3.8, 4) is 5.75 Å². The first-order valence-electron chi connectivity index (χ1n) is 9.11. The number of anilines is 1. The van der Waals surface area contributed by atoms with E-state index in [9.17, 15) is 4.79 Å². The van der Waals surface area contributed by atoms with Gasteiger partial charge in [0.25, 0.3) is 0 Å². The Balaban J connectivity index is 1.66. The van der Waals surface area contributed by atoms with E-state index in [0.717, 1.165) is 0 Å². The van der Waals surface area contributed by atoms with Crippen LogP contribution < -0.4 is 10.1 Å². The molecule has 0 saturated carbocycles. The summed E-state index contributed by atoms with van der Waals surface area (Å²) in [5.41, 5.74) is 0.467. The highest BCUT2D eigenvalue weighted by Gasteiger charge is 2.20. The van der Waals surface area contributed by atoms with Gasteiger partial charge in [-0.2, -0.15) is 0 Å². The topological polar surface area (TPSA) is 69.0 Å². The number of hydrogen-bond acceptors (Lipinski definition) is 5. The number of ether oxygens (including phenoxy) is 1. The van der Waals surface area contributed by atoms with Crippen LogP contribution in [0.1, 0.15) is 25.8 Å². The van der Waals surface area contributed by atoms with Crippen LogP contribution in [0.4, 0.5) is 5.69 Å². The lowest BCUT2D eigenvalue weighted by molar-refractivity contribution is -0.113. The molecular formula is C20H19Cl3N4O2S. The number of rotatable bonds is 8. The number of carbonyl (C=O) groups excluding carboxylic acids is 1. The van der Waals surface area contributed by atoms with Crippen molar-refractivity contribution >= 4 is 58.2 Å². The molecule has 0 saturated heterocycles. The fraction of sp³-hybridized carbons (Fsp3) is 0.250. The minimum atomic E-state index is -0.370. The van der Waals surface area contributed by atoms with E-state index < -0.39 is 0 Å². The number of halogens is 3. The molecule has 0 radical (unpaired) electrons. The zero-order chi connectivity index (χ0) is 21.7. The highest BCUT2D eigenvalue weighted by Crippen LogP contribution is 2.31. The van der Waals surface area contributed by atoms with Crippen molar-refractivity contribution in [1.82, 2.24) is 14.8 Å². The van der Waals surface area contributed by atoms with Crippen LogP contribution in [0.5, 0.6) is 5.75 Å². The highest BCUT2D eigenvalue weighted by molar-refractivity contribution is 7.99. The average Bonchev–Trinajstić information content (AvgIpc) is 3.14. The van der Waals surface area contributed by atoms with E-state index in [-0.39, 0.29) is 17.8 Å². The molecule has 0 fully saturated rings. The van der Waals surface area contributed by atoms with Gasteiger partial charge >= 0.3 is 0 Å². The number of para-hydroxylation sites is 1. The first-order valence-corrected chi connectivity index (χ1v) is 11.2. The summed E-state index contributed by atoms with van der Waals surface area (Å²) in [6, 6.07) is 12.3. The van der Waals surface area contributed by atoms with E-state index in [1.165, 1.54) is 11.8 Å². The SMILES string of the molecule is CCn1c(SCC(=O)Nc2cccc(Cl)c2Cl)nnc1[C@H](C)Oc1ccccc1Cl. The van der Waals surface area contributed by atoms with Crippen molar-refractivity contribution in [3.63, 3.8) is 0 Å². The molecule has 0 spiro atoms. The monoisotopic (exact) mass is 484 g/mol. The first kappa shape index (κ1) is 22.7. The van der Waals surface area contributed by atoms with Gasteiger partial charge in [0.1, 0.15) is 5.75 Å². The average molecular weight is 486 g/mol. The van der Waals surface area contributed by atoms with Gasteiger partial charge in [0, 0.05) is 6.54 Å². The smallest absolute Gasteiger partial charge is 0.234 e. The fourth-order valence-corrected chi connectivity index (χ4v) is 4.04. The zero-order valence-corrected chi connectivity index (χ0v) is 19.3. The molecule has 1 atom stereocenters. The summed E-state index contributed by atoms with van der Waals surface area (Å²) in [6.07, 6.45) is -0.370. The Labute approximate surface area is 193 Å². The van der Waals surface area contributed by atoms with Crippen molar-refractivity contribution in [2.75, 3.05) is 11.1 Å². The molecule has 0 aliphatic rings. The van der Waals surface area contributed by atoms with Crippen molar-refractivity contribution in [2.24, 2.45) is 0 Å². The van der Waals surface area contributed by atoms with E-state index in [1.54, 1.807) is 30.3 Å². The zero-order valence-electron chi connectivity index (χ0n) is 16.2. The predicted molar refractivity (Wildman–Crippen MR) is 122 cm³/mol. The second-order valence-corrected chi connectivity index (χ2v) is 8.35. The number of benzene rings is 2. The molecule has 30 heavy (non-hydrogen) atoms. The van der Waals surface area contributed by atoms with Crippen molar-refractivity contribution in [1.29, 1.82) is 0 Å². The number of carbonyl (C=O) groups is 1. The minimum Gasteiger partial charge on any atom is -0.481 e. The molecule has 1 heterocycles. The second-order valence-electron chi connectivity index (χ2n) is 6.21. The molecule has 6 nitrogen and oxygen atoms in total. The molecule has 0 bridgehead atoms. The Morgan fingerprint density at radius 3 is 2.60 bits per heavy atom. The lowest BCUT2D eigenvalue weighted by atomic mass is 10.3. The van der Waals surface area contributed by atoms with Crippen LogP contribution in [0.15, 0.2) is 47.6 Å². The third kappa shape index (κ3) is 5.40.